The van der Waals surface area contributed by atoms with Gasteiger partial charge in [0.15, 0.2) is 0 Å². The molecule has 0 saturated heterocycles. The monoisotopic (exact) mass is 348 g/mol. The van der Waals surface area contributed by atoms with Crippen LogP contribution in [0.4, 0.5) is 0 Å². The number of aliphatic hydroxyl groups is 1. The topological polar surface area (TPSA) is 60.7 Å². The average Bonchev–Trinajstić information content (AvgIpc) is 2.61. The maximum absolute atomic E-state index is 12.1. The average molecular weight is 348 g/mol. The zero-order chi connectivity index (χ0) is 19.1. The molecule has 0 amide bonds. The van der Waals surface area contributed by atoms with Crippen LogP contribution < -0.4 is 0 Å². The Kier molecular flexibility index (Phi) is 4.51. The maximum atomic E-state index is 12.1. The first-order valence-electron chi connectivity index (χ1n) is 8.64. The van der Waals surface area contributed by atoms with Gasteiger partial charge in [-0.15, -0.1) is 0 Å². The molecule has 0 fully saturated rings. The minimum absolute atomic E-state index is 0.209. The van der Waals surface area contributed by atoms with E-state index in [1.54, 1.807) is 12.1 Å². The van der Waals surface area contributed by atoms with Crippen LogP contribution in [0.25, 0.3) is 0 Å². The lowest BCUT2D eigenvalue weighted by molar-refractivity contribution is 0.124. The summed E-state index contributed by atoms with van der Waals surface area (Å²) in [7, 11) is 0. The van der Waals surface area contributed by atoms with E-state index in [0.29, 0.717) is 22.3 Å². The van der Waals surface area contributed by atoms with Gasteiger partial charge >= 0.3 is 0 Å². The smallest absolute Gasteiger partial charge is 0.141 e. The summed E-state index contributed by atoms with van der Waals surface area (Å²) in [5.74, 6) is 0.417. The molecule has 0 bridgehead atoms. The quantitative estimate of drug-likeness (QED) is 0.606. The molecule has 0 aliphatic rings. The number of benzene rings is 3. The molecular weight excluding hydrogens is 324 g/mol. The molecule has 134 valence electrons. The van der Waals surface area contributed by atoms with Crippen LogP contribution in [0, 0.1) is 27.7 Å². The fraction of sp³-hybridized carbons (Fsp3) is 0.217. The second-order valence-electron chi connectivity index (χ2n) is 6.98. The number of phenols is 2. The molecule has 3 heteroatoms. The summed E-state index contributed by atoms with van der Waals surface area (Å²) in [6, 6.07) is 16.5. The third-order valence-electron chi connectivity index (χ3n) is 5.06. The second-order valence-corrected chi connectivity index (χ2v) is 6.98. The third kappa shape index (κ3) is 2.85. The molecule has 0 heterocycles. The zero-order valence-corrected chi connectivity index (χ0v) is 15.5. The molecule has 0 spiro atoms. The lowest BCUT2D eigenvalue weighted by atomic mass is 9.76. The molecule has 3 rings (SSSR count). The van der Waals surface area contributed by atoms with E-state index >= 15 is 0 Å². The summed E-state index contributed by atoms with van der Waals surface area (Å²) in [6.45, 7) is 7.40. The Labute approximate surface area is 154 Å². The molecule has 3 N–H and O–H groups in total. The van der Waals surface area contributed by atoms with Gasteiger partial charge in [0.05, 0.1) is 0 Å². The van der Waals surface area contributed by atoms with E-state index in [-0.39, 0.29) is 11.5 Å². The van der Waals surface area contributed by atoms with Crippen LogP contribution in [0.5, 0.6) is 11.5 Å². The molecule has 0 atom stereocenters. The van der Waals surface area contributed by atoms with Crippen LogP contribution >= 0.6 is 0 Å². The molecule has 0 aliphatic carbocycles. The van der Waals surface area contributed by atoms with Gasteiger partial charge < -0.3 is 15.3 Å². The van der Waals surface area contributed by atoms with E-state index < -0.39 is 5.60 Å². The highest BCUT2D eigenvalue weighted by atomic mass is 16.3. The summed E-state index contributed by atoms with van der Waals surface area (Å²) < 4.78 is 0. The Morgan fingerprint density at radius 1 is 0.615 bits per heavy atom. The molecule has 0 radical (unpaired) electrons. The fourth-order valence-electron chi connectivity index (χ4n) is 3.52. The molecule has 3 aromatic carbocycles. The number of aromatic hydroxyl groups is 2. The Morgan fingerprint density at radius 2 is 1.04 bits per heavy atom. The van der Waals surface area contributed by atoms with Crippen molar-refractivity contribution in [2.24, 2.45) is 0 Å². The Hall–Kier alpha value is -2.78. The summed E-state index contributed by atoms with van der Waals surface area (Å²) in [6.07, 6.45) is 0. The minimum atomic E-state index is -1.40. The number of rotatable bonds is 3. The predicted molar refractivity (Wildman–Crippen MR) is 104 cm³/mol. The summed E-state index contributed by atoms with van der Waals surface area (Å²) in [4.78, 5) is 0. The number of phenolic OH excluding ortho intramolecular Hbond substituents is 2. The Balaban J connectivity index is 2.40. The van der Waals surface area contributed by atoms with Crippen molar-refractivity contribution in [2.45, 2.75) is 33.3 Å². The van der Waals surface area contributed by atoms with Gasteiger partial charge in [-0.1, -0.05) is 30.3 Å². The molecule has 0 saturated carbocycles. The van der Waals surface area contributed by atoms with E-state index in [9.17, 15) is 15.3 Å². The first-order valence-corrected chi connectivity index (χ1v) is 8.64. The molecule has 0 unspecified atom stereocenters. The van der Waals surface area contributed by atoms with E-state index in [0.717, 1.165) is 16.7 Å². The predicted octanol–water partition coefficient (Wildman–Crippen LogP) is 4.62. The van der Waals surface area contributed by atoms with E-state index in [1.807, 2.05) is 70.2 Å². The van der Waals surface area contributed by atoms with Crippen molar-refractivity contribution in [3.05, 3.63) is 93.5 Å². The third-order valence-corrected chi connectivity index (χ3v) is 5.06. The molecule has 3 aromatic rings. The Morgan fingerprint density at radius 3 is 1.46 bits per heavy atom. The molecule has 26 heavy (non-hydrogen) atoms. The van der Waals surface area contributed by atoms with E-state index in [2.05, 4.69) is 0 Å². The standard InChI is InChI=1S/C23H24O3/c1-14-12-21(24)16(3)10-19(14)23(26,18-8-6-5-7-9-18)20-11-17(4)22(25)13-15(20)2/h5-13,24-26H,1-4H3. The van der Waals surface area contributed by atoms with Crippen molar-refractivity contribution in [2.75, 3.05) is 0 Å². The van der Waals surface area contributed by atoms with Gasteiger partial charge in [0.2, 0.25) is 0 Å². The summed E-state index contributed by atoms with van der Waals surface area (Å²) >= 11 is 0. The number of hydrogen-bond acceptors (Lipinski definition) is 3. The zero-order valence-electron chi connectivity index (χ0n) is 15.5. The van der Waals surface area contributed by atoms with Crippen molar-refractivity contribution in [3.63, 3.8) is 0 Å². The van der Waals surface area contributed by atoms with Gasteiger partial charge in [0, 0.05) is 0 Å². The van der Waals surface area contributed by atoms with Crippen LogP contribution in [0.2, 0.25) is 0 Å². The van der Waals surface area contributed by atoms with Crippen molar-refractivity contribution in [1.82, 2.24) is 0 Å². The van der Waals surface area contributed by atoms with Crippen LogP contribution in [0.15, 0.2) is 54.6 Å². The highest BCUT2D eigenvalue weighted by Crippen LogP contribution is 2.42. The van der Waals surface area contributed by atoms with Crippen molar-refractivity contribution >= 4 is 0 Å². The molecule has 0 aromatic heterocycles. The largest absolute Gasteiger partial charge is 0.508 e. The maximum Gasteiger partial charge on any atom is 0.141 e. The van der Waals surface area contributed by atoms with Crippen LogP contribution in [0.3, 0.4) is 0 Å². The summed E-state index contributed by atoms with van der Waals surface area (Å²) in [5.41, 5.74) is 3.77. The molecule has 3 nitrogen and oxygen atoms in total. The molecular formula is C23H24O3. The molecule has 0 aliphatic heterocycles. The van der Waals surface area contributed by atoms with Crippen molar-refractivity contribution in [1.29, 1.82) is 0 Å². The van der Waals surface area contributed by atoms with E-state index in [4.69, 9.17) is 0 Å². The summed E-state index contributed by atoms with van der Waals surface area (Å²) in [5, 5.41) is 32.2. The Bertz CT molecular complexity index is 901. The van der Waals surface area contributed by atoms with Crippen LogP contribution in [0.1, 0.15) is 38.9 Å². The van der Waals surface area contributed by atoms with Crippen molar-refractivity contribution in [3.8, 4) is 11.5 Å². The lowest BCUT2D eigenvalue weighted by Crippen LogP contribution is -2.31. The van der Waals surface area contributed by atoms with Gasteiger partial charge in [-0.3, -0.25) is 0 Å². The van der Waals surface area contributed by atoms with Gasteiger partial charge in [-0.25, -0.2) is 0 Å². The normalized spacial score (nSPS) is 11.6. The van der Waals surface area contributed by atoms with Gasteiger partial charge in [-0.2, -0.15) is 0 Å². The highest BCUT2D eigenvalue weighted by Gasteiger charge is 2.37. The first-order chi connectivity index (χ1) is 12.2. The SMILES string of the molecule is Cc1cc(C(O)(c2ccccc2)c2cc(C)c(O)cc2C)c(C)cc1O. The van der Waals surface area contributed by atoms with Gasteiger partial charge in [-0.05, 0) is 90.9 Å². The van der Waals surface area contributed by atoms with E-state index in [1.165, 1.54) is 0 Å². The highest BCUT2D eigenvalue weighted by molar-refractivity contribution is 5.56. The van der Waals surface area contributed by atoms with Crippen LogP contribution in [-0.2, 0) is 5.60 Å². The number of hydrogen-bond donors (Lipinski definition) is 3. The van der Waals surface area contributed by atoms with Crippen molar-refractivity contribution < 1.29 is 15.3 Å². The van der Waals surface area contributed by atoms with Gasteiger partial charge in [0.25, 0.3) is 0 Å². The van der Waals surface area contributed by atoms with Crippen LogP contribution in [-0.4, -0.2) is 15.3 Å². The minimum Gasteiger partial charge on any atom is -0.508 e. The van der Waals surface area contributed by atoms with Gasteiger partial charge in [0.1, 0.15) is 17.1 Å². The lowest BCUT2D eigenvalue weighted by Gasteiger charge is -2.33. The first kappa shape index (κ1) is 18.0. The number of aryl methyl sites for hydroxylation is 4. The second kappa shape index (κ2) is 6.50. The fourth-order valence-corrected chi connectivity index (χ4v) is 3.52.